The second kappa shape index (κ2) is 6.18. The van der Waals surface area contributed by atoms with Crippen LogP contribution in [-0.4, -0.2) is 16.1 Å². The van der Waals surface area contributed by atoms with Crippen LogP contribution in [0.4, 0.5) is 0 Å². The Hall–Kier alpha value is -0.480. The minimum Gasteiger partial charge on any atom is -0.309 e. The molecule has 0 fully saturated rings. The monoisotopic (exact) mass is 227 g/mol. The molecule has 0 bridgehead atoms. The summed E-state index contributed by atoms with van der Waals surface area (Å²) in [4.78, 5) is 1.30. The zero-order chi connectivity index (χ0) is 11.3. The predicted molar refractivity (Wildman–Crippen MR) is 65.1 cm³/mol. The Morgan fingerprint density at radius 2 is 2.07 bits per heavy atom. The van der Waals surface area contributed by atoms with Crippen molar-refractivity contribution in [3.63, 3.8) is 0 Å². The van der Waals surface area contributed by atoms with Crippen molar-refractivity contribution < 1.29 is 0 Å². The van der Waals surface area contributed by atoms with Crippen LogP contribution in [0.3, 0.4) is 0 Å². The summed E-state index contributed by atoms with van der Waals surface area (Å²) in [5.41, 5.74) is 1.08. The van der Waals surface area contributed by atoms with Crippen molar-refractivity contribution in [2.24, 2.45) is 5.92 Å². The maximum Gasteiger partial charge on any atom is 0.0772 e. The molecule has 0 spiro atoms. The van der Waals surface area contributed by atoms with E-state index in [0.717, 1.165) is 18.2 Å². The first kappa shape index (κ1) is 12.6. The fraction of sp³-hybridized carbons (Fsp3) is 0.818. The van der Waals surface area contributed by atoms with Crippen LogP contribution in [0, 0.1) is 12.8 Å². The summed E-state index contributed by atoms with van der Waals surface area (Å²) in [6.45, 7) is 9.71. The van der Waals surface area contributed by atoms with Crippen LogP contribution in [0.25, 0.3) is 0 Å². The van der Waals surface area contributed by atoms with Gasteiger partial charge in [0.25, 0.3) is 0 Å². The van der Waals surface area contributed by atoms with Crippen LogP contribution < -0.4 is 5.32 Å². The van der Waals surface area contributed by atoms with Gasteiger partial charge in [-0.1, -0.05) is 25.3 Å². The zero-order valence-corrected chi connectivity index (χ0v) is 10.9. The van der Waals surface area contributed by atoms with Crippen LogP contribution in [0.5, 0.6) is 0 Å². The second-order valence-corrected chi connectivity index (χ2v) is 5.09. The van der Waals surface area contributed by atoms with E-state index in [0.29, 0.717) is 6.04 Å². The van der Waals surface area contributed by atoms with Crippen LogP contribution in [0.2, 0.25) is 0 Å². The fourth-order valence-electron chi connectivity index (χ4n) is 1.63. The lowest BCUT2D eigenvalue weighted by molar-refractivity contribution is 0.451. The Bertz CT molecular complexity index is 283. The number of rotatable bonds is 6. The number of hydrogen-bond donors (Lipinski definition) is 1. The molecule has 0 amide bonds. The predicted octanol–water partition coefficient (Wildman–Crippen LogP) is 2.93. The quantitative estimate of drug-likeness (QED) is 0.812. The third-order valence-corrected chi connectivity index (χ3v) is 3.43. The molecule has 3 nitrogen and oxygen atoms in total. The van der Waals surface area contributed by atoms with Gasteiger partial charge in [-0.25, -0.2) is 0 Å². The molecule has 1 aromatic rings. The van der Waals surface area contributed by atoms with Crippen molar-refractivity contribution in [3.05, 3.63) is 10.6 Å². The first-order valence-corrected chi connectivity index (χ1v) is 6.44. The first-order chi connectivity index (χ1) is 7.15. The Kier molecular flexibility index (Phi) is 5.19. The van der Waals surface area contributed by atoms with Crippen molar-refractivity contribution in [1.82, 2.24) is 14.9 Å². The molecule has 15 heavy (non-hydrogen) atoms. The van der Waals surface area contributed by atoms with Gasteiger partial charge in [0.1, 0.15) is 0 Å². The molecule has 0 aromatic carbocycles. The number of aryl methyl sites for hydroxylation is 1. The topological polar surface area (TPSA) is 37.8 Å². The molecule has 0 radical (unpaired) electrons. The smallest absolute Gasteiger partial charge is 0.0772 e. The van der Waals surface area contributed by atoms with Crippen molar-refractivity contribution in [3.8, 4) is 0 Å². The van der Waals surface area contributed by atoms with Crippen LogP contribution in [0.15, 0.2) is 0 Å². The third-order valence-electron chi connectivity index (χ3n) is 2.49. The molecule has 0 saturated heterocycles. The molecule has 1 rings (SSSR count). The molecule has 1 atom stereocenters. The van der Waals surface area contributed by atoms with Gasteiger partial charge in [0.15, 0.2) is 0 Å². The fourth-order valence-corrected chi connectivity index (χ4v) is 2.38. The highest BCUT2D eigenvalue weighted by Crippen LogP contribution is 2.25. The average molecular weight is 227 g/mol. The number of aromatic nitrogens is 2. The lowest BCUT2D eigenvalue weighted by Gasteiger charge is -2.17. The number of hydrogen-bond acceptors (Lipinski definition) is 4. The third kappa shape index (κ3) is 3.87. The zero-order valence-electron chi connectivity index (χ0n) is 10.1. The van der Waals surface area contributed by atoms with Crippen molar-refractivity contribution in [2.75, 3.05) is 6.54 Å². The summed E-state index contributed by atoms with van der Waals surface area (Å²) in [5, 5.41) is 7.59. The van der Waals surface area contributed by atoms with E-state index in [2.05, 4.69) is 35.7 Å². The van der Waals surface area contributed by atoms with Crippen molar-refractivity contribution >= 4 is 11.5 Å². The van der Waals surface area contributed by atoms with E-state index in [-0.39, 0.29) is 0 Å². The van der Waals surface area contributed by atoms with Gasteiger partial charge in [0.05, 0.1) is 10.6 Å². The van der Waals surface area contributed by atoms with E-state index >= 15 is 0 Å². The molecule has 1 heterocycles. The van der Waals surface area contributed by atoms with Gasteiger partial charge in [-0.2, -0.15) is 0 Å². The minimum atomic E-state index is 0.442. The molecule has 4 heteroatoms. The highest BCUT2D eigenvalue weighted by molar-refractivity contribution is 7.05. The molecule has 86 valence electrons. The van der Waals surface area contributed by atoms with Crippen molar-refractivity contribution in [2.45, 2.75) is 46.6 Å². The van der Waals surface area contributed by atoms with E-state index in [9.17, 15) is 0 Å². The highest BCUT2D eigenvalue weighted by atomic mass is 32.1. The normalized spacial score (nSPS) is 13.4. The highest BCUT2D eigenvalue weighted by Gasteiger charge is 2.16. The molecular formula is C11H21N3S. The van der Waals surface area contributed by atoms with Gasteiger partial charge in [-0.15, -0.1) is 5.10 Å². The second-order valence-electron chi connectivity index (χ2n) is 4.30. The summed E-state index contributed by atoms with van der Waals surface area (Å²) >= 11 is 1.53. The van der Waals surface area contributed by atoms with E-state index in [1.807, 2.05) is 6.92 Å². The number of nitrogens with zero attached hydrogens (tertiary/aromatic N) is 2. The Morgan fingerprint density at radius 1 is 1.33 bits per heavy atom. The molecule has 0 aliphatic rings. The number of nitrogens with one attached hydrogen (secondary N) is 1. The van der Waals surface area contributed by atoms with Crippen LogP contribution in [-0.2, 0) is 0 Å². The Balaban J connectivity index is 2.61. The Morgan fingerprint density at radius 3 is 2.53 bits per heavy atom. The SMILES string of the molecule is CCNC(CCC(C)C)c1snnc1C. The van der Waals surface area contributed by atoms with Gasteiger partial charge in [0.2, 0.25) is 0 Å². The van der Waals surface area contributed by atoms with E-state index < -0.39 is 0 Å². The van der Waals surface area contributed by atoms with Gasteiger partial charge in [0, 0.05) is 6.04 Å². The molecular weight excluding hydrogens is 206 g/mol. The average Bonchev–Trinajstić information content (AvgIpc) is 2.59. The molecule has 0 aliphatic heterocycles. The summed E-state index contributed by atoms with van der Waals surface area (Å²) in [6, 6.07) is 0.442. The van der Waals surface area contributed by atoms with E-state index in [1.54, 1.807) is 0 Å². The maximum absolute atomic E-state index is 4.08. The molecule has 1 unspecified atom stereocenters. The van der Waals surface area contributed by atoms with Crippen LogP contribution in [0.1, 0.15) is 50.2 Å². The van der Waals surface area contributed by atoms with E-state index in [4.69, 9.17) is 0 Å². The maximum atomic E-state index is 4.08. The van der Waals surface area contributed by atoms with Gasteiger partial charge in [-0.05, 0) is 43.8 Å². The summed E-state index contributed by atoms with van der Waals surface area (Å²) in [5.74, 6) is 0.757. The van der Waals surface area contributed by atoms with Crippen LogP contribution >= 0.6 is 11.5 Å². The van der Waals surface area contributed by atoms with Gasteiger partial charge < -0.3 is 5.32 Å². The van der Waals surface area contributed by atoms with Crippen molar-refractivity contribution in [1.29, 1.82) is 0 Å². The molecule has 0 aliphatic carbocycles. The van der Waals surface area contributed by atoms with E-state index in [1.165, 1.54) is 29.3 Å². The minimum absolute atomic E-state index is 0.442. The Labute approximate surface area is 96.5 Å². The summed E-state index contributed by atoms with van der Waals surface area (Å²) in [6.07, 6.45) is 2.42. The van der Waals surface area contributed by atoms with Gasteiger partial charge >= 0.3 is 0 Å². The lowest BCUT2D eigenvalue weighted by Crippen LogP contribution is -2.21. The molecule has 1 N–H and O–H groups in total. The molecule has 1 aromatic heterocycles. The largest absolute Gasteiger partial charge is 0.309 e. The molecule has 0 saturated carbocycles. The lowest BCUT2D eigenvalue weighted by atomic mass is 10.0. The summed E-state index contributed by atoms with van der Waals surface area (Å²) in [7, 11) is 0. The first-order valence-electron chi connectivity index (χ1n) is 5.67. The standard InChI is InChI=1S/C11H21N3S/c1-5-12-10(7-6-8(2)3)11-9(4)13-14-15-11/h8,10,12H,5-7H2,1-4H3. The summed E-state index contributed by atoms with van der Waals surface area (Å²) < 4.78 is 4.00. The van der Waals surface area contributed by atoms with Gasteiger partial charge in [-0.3, -0.25) is 0 Å².